The zero-order valence-electron chi connectivity index (χ0n) is 11.6. The van der Waals surface area contributed by atoms with E-state index in [1.54, 1.807) is 0 Å². The van der Waals surface area contributed by atoms with Gasteiger partial charge in [-0.1, -0.05) is 26.7 Å². The van der Waals surface area contributed by atoms with Gasteiger partial charge in [0, 0.05) is 26.2 Å². The largest absolute Gasteiger partial charge is 0.380 e. The molecule has 17 heavy (non-hydrogen) atoms. The zero-order chi connectivity index (χ0) is 12.6. The van der Waals surface area contributed by atoms with Crippen molar-refractivity contribution in [2.75, 3.05) is 38.6 Å². The molecule has 102 valence electrons. The third-order valence-corrected chi connectivity index (χ3v) is 4.44. The van der Waals surface area contributed by atoms with Crippen LogP contribution in [0.1, 0.15) is 46.0 Å². The summed E-state index contributed by atoms with van der Waals surface area (Å²) in [5, 5.41) is 0. The van der Waals surface area contributed by atoms with E-state index >= 15 is 0 Å². The molecule has 1 fully saturated rings. The molecule has 0 atom stereocenters. The Hall–Kier alpha value is 0.270. The van der Waals surface area contributed by atoms with E-state index < -0.39 is 0 Å². The second kappa shape index (κ2) is 8.39. The lowest BCUT2D eigenvalue weighted by Gasteiger charge is -2.37. The molecule has 3 heteroatoms. The Balaban J connectivity index is 2.55. The van der Waals surface area contributed by atoms with Crippen LogP contribution in [0.25, 0.3) is 0 Å². The molecule has 0 aromatic carbocycles. The molecule has 0 aromatic rings. The molecular formula is C14H29NOS. The lowest BCUT2D eigenvalue weighted by Crippen LogP contribution is -2.40. The smallest absolute Gasteiger partial charge is 0.0593 e. The SMILES string of the molecule is CCCC(CS)(CCC)CN1CCCOCC1. The van der Waals surface area contributed by atoms with Crippen LogP contribution in [0.2, 0.25) is 0 Å². The van der Waals surface area contributed by atoms with Crippen LogP contribution in [0.5, 0.6) is 0 Å². The molecule has 0 aliphatic carbocycles. The van der Waals surface area contributed by atoms with E-state index in [1.807, 2.05) is 0 Å². The first kappa shape index (κ1) is 15.3. The van der Waals surface area contributed by atoms with E-state index in [1.165, 1.54) is 45.2 Å². The maximum Gasteiger partial charge on any atom is 0.0593 e. The molecule has 2 nitrogen and oxygen atoms in total. The van der Waals surface area contributed by atoms with Crippen LogP contribution in [0.4, 0.5) is 0 Å². The van der Waals surface area contributed by atoms with Crippen molar-refractivity contribution in [3.05, 3.63) is 0 Å². The summed E-state index contributed by atoms with van der Waals surface area (Å²) in [5.74, 6) is 1.02. The molecule has 0 radical (unpaired) electrons. The van der Waals surface area contributed by atoms with E-state index in [0.717, 1.165) is 25.5 Å². The van der Waals surface area contributed by atoms with Crippen LogP contribution in [0, 0.1) is 5.41 Å². The average Bonchev–Trinajstić information content (AvgIpc) is 2.58. The Morgan fingerprint density at radius 2 is 1.82 bits per heavy atom. The van der Waals surface area contributed by atoms with Gasteiger partial charge in [0.25, 0.3) is 0 Å². The van der Waals surface area contributed by atoms with Gasteiger partial charge in [-0.15, -0.1) is 0 Å². The molecule has 1 aliphatic rings. The van der Waals surface area contributed by atoms with Gasteiger partial charge >= 0.3 is 0 Å². The van der Waals surface area contributed by atoms with Crippen molar-refractivity contribution in [1.29, 1.82) is 0 Å². The van der Waals surface area contributed by atoms with Crippen LogP contribution >= 0.6 is 12.6 Å². The van der Waals surface area contributed by atoms with Crippen LogP contribution in [0.3, 0.4) is 0 Å². The molecule has 1 saturated heterocycles. The summed E-state index contributed by atoms with van der Waals surface area (Å²) in [6.07, 6.45) is 6.33. The molecule has 1 aliphatic heterocycles. The fourth-order valence-electron chi connectivity index (χ4n) is 2.98. The van der Waals surface area contributed by atoms with Crippen LogP contribution < -0.4 is 0 Å². The summed E-state index contributed by atoms with van der Waals surface area (Å²) in [7, 11) is 0. The first-order valence-corrected chi connectivity index (χ1v) is 7.80. The van der Waals surface area contributed by atoms with Crippen molar-refractivity contribution < 1.29 is 4.74 Å². The highest BCUT2D eigenvalue weighted by molar-refractivity contribution is 7.80. The van der Waals surface area contributed by atoms with Gasteiger partial charge in [0.2, 0.25) is 0 Å². The molecule has 0 aromatic heterocycles. The quantitative estimate of drug-likeness (QED) is 0.705. The molecule has 0 spiro atoms. The number of rotatable bonds is 7. The molecular weight excluding hydrogens is 230 g/mol. The van der Waals surface area contributed by atoms with Crippen LogP contribution in [0.15, 0.2) is 0 Å². The van der Waals surface area contributed by atoms with Crippen molar-refractivity contribution in [2.24, 2.45) is 5.41 Å². The summed E-state index contributed by atoms with van der Waals surface area (Å²) in [6, 6.07) is 0. The average molecular weight is 259 g/mol. The molecule has 0 saturated carbocycles. The molecule has 0 bridgehead atoms. The van der Waals surface area contributed by atoms with E-state index in [0.29, 0.717) is 5.41 Å². The number of hydrogen-bond donors (Lipinski definition) is 1. The normalized spacial score (nSPS) is 19.2. The van der Waals surface area contributed by atoms with E-state index in [4.69, 9.17) is 4.74 Å². The molecule has 1 rings (SSSR count). The van der Waals surface area contributed by atoms with E-state index in [9.17, 15) is 0 Å². The molecule has 0 amide bonds. The van der Waals surface area contributed by atoms with Crippen molar-refractivity contribution in [3.8, 4) is 0 Å². The Morgan fingerprint density at radius 3 is 2.41 bits per heavy atom. The Morgan fingerprint density at radius 1 is 1.12 bits per heavy atom. The monoisotopic (exact) mass is 259 g/mol. The molecule has 0 N–H and O–H groups in total. The number of hydrogen-bond acceptors (Lipinski definition) is 3. The number of nitrogens with zero attached hydrogens (tertiary/aromatic N) is 1. The van der Waals surface area contributed by atoms with Gasteiger partial charge in [0.1, 0.15) is 0 Å². The fourth-order valence-corrected chi connectivity index (χ4v) is 3.40. The standard InChI is InChI=1S/C14H29NOS/c1-3-6-14(13-17,7-4-2)12-15-8-5-10-16-11-9-15/h17H,3-13H2,1-2H3. The number of ether oxygens (including phenoxy) is 1. The highest BCUT2D eigenvalue weighted by Crippen LogP contribution is 2.32. The highest BCUT2D eigenvalue weighted by Gasteiger charge is 2.29. The first-order chi connectivity index (χ1) is 8.26. The second-order valence-electron chi connectivity index (χ2n) is 5.40. The minimum atomic E-state index is 0.428. The van der Waals surface area contributed by atoms with Crippen LogP contribution in [-0.4, -0.2) is 43.5 Å². The third-order valence-electron chi connectivity index (χ3n) is 3.77. The Kier molecular flexibility index (Phi) is 7.56. The minimum absolute atomic E-state index is 0.428. The maximum absolute atomic E-state index is 5.53. The molecule has 1 heterocycles. The third kappa shape index (κ3) is 5.19. The van der Waals surface area contributed by atoms with Gasteiger partial charge in [0.15, 0.2) is 0 Å². The zero-order valence-corrected chi connectivity index (χ0v) is 12.5. The molecule has 0 unspecified atom stereocenters. The second-order valence-corrected chi connectivity index (χ2v) is 5.72. The number of thiol groups is 1. The van der Waals surface area contributed by atoms with E-state index in [-0.39, 0.29) is 0 Å². The Labute approximate surface area is 113 Å². The lowest BCUT2D eigenvalue weighted by molar-refractivity contribution is 0.120. The van der Waals surface area contributed by atoms with Gasteiger partial charge in [0.05, 0.1) is 6.61 Å². The summed E-state index contributed by atoms with van der Waals surface area (Å²) in [4.78, 5) is 2.59. The van der Waals surface area contributed by atoms with Gasteiger partial charge in [-0.25, -0.2) is 0 Å². The van der Waals surface area contributed by atoms with Crippen molar-refractivity contribution in [2.45, 2.75) is 46.0 Å². The van der Waals surface area contributed by atoms with Gasteiger partial charge in [-0.3, -0.25) is 0 Å². The summed E-state index contributed by atoms with van der Waals surface area (Å²) < 4.78 is 5.53. The fraction of sp³-hybridized carbons (Fsp3) is 1.00. The van der Waals surface area contributed by atoms with Crippen molar-refractivity contribution in [1.82, 2.24) is 4.90 Å². The first-order valence-electron chi connectivity index (χ1n) is 7.17. The van der Waals surface area contributed by atoms with Gasteiger partial charge in [-0.2, -0.15) is 12.6 Å². The van der Waals surface area contributed by atoms with Crippen molar-refractivity contribution >= 4 is 12.6 Å². The Bertz CT molecular complexity index is 185. The maximum atomic E-state index is 5.53. The van der Waals surface area contributed by atoms with E-state index in [2.05, 4.69) is 31.4 Å². The lowest BCUT2D eigenvalue weighted by atomic mass is 9.80. The summed E-state index contributed by atoms with van der Waals surface area (Å²) in [5.41, 5.74) is 0.428. The van der Waals surface area contributed by atoms with Crippen LogP contribution in [-0.2, 0) is 4.74 Å². The van der Waals surface area contributed by atoms with Gasteiger partial charge in [-0.05, 0) is 30.4 Å². The summed E-state index contributed by atoms with van der Waals surface area (Å²) >= 11 is 4.64. The minimum Gasteiger partial charge on any atom is -0.380 e. The van der Waals surface area contributed by atoms with Crippen molar-refractivity contribution in [3.63, 3.8) is 0 Å². The topological polar surface area (TPSA) is 12.5 Å². The highest BCUT2D eigenvalue weighted by atomic mass is 32.1. The summed E-state index contributed by atoms with van der Waals surface area (Å²) in [6.45, 7) is 9.93. The van der Waals surface area contributed by atoms with Gasteiger partial charge < -0.3 is 9.64 Å². The predicted octanol–water partition coefficient (Wildman–Crippen LogP) is 3.23. The predicted molar refractivity (Wildman–Crippen MR) is 78.0 cm³/mol.